The van der Waals surface area contributed by atoms with E-state index in [2.05, 4.69) is 15.7 Å². The van der Waals surface area contributed by atoms with Crippen LogP contribution in [0, 0.1) is 19.7 Å². The summed E-state index contributed by atoms with van der Waals surface area (Å²) in [7, 11) is 1.79. The van der Waals surface area contributed by atoms with Gasteiger partial charge in [-0.3, -0.25) is 4.68 Å². The number of urea groups is 1. The van der Waals surface area contributed by atoms with Crippen molar-refractivity contribution in [2.24, 2.45) is 7.05 Å². The molecule has 1 aromatic heterocycles. The number of carbonyl (C=O) groups excluding carboxylic acids is 1. The number of aryl methyl sites for hydroxylation is 2. The van der Waals surface area contributed by atoms with Crippen LogP contribution in [0.15, 0.2) is 24.3 Å². The van der Waals surface area contributed by atoms with Gasteiger partial charge in [0.2, 0.25) is 0 Å². The third-order valence-electron chi connectivity index (χ3n) is 2.87. The van der Waals surface area contributed by atoms with Crippen LogP contribution < -0.4 is 10.6 Å². The molecule has 6 heteroatoms. The van der Waals surface area contributed by atoms with E-state index < -0.39 is 11.8 Å². The summed E-state index contributed by atoms with van der Waals surface area (Å²) in [5, 5.41) is 9.32. The number of nitrogens with one attached hydrogen (secondary N) is 2. The summed E-state index contributed by atoms with van der Waals surface area (Å²) < 4.78 is 15.1. The maximum absolute atomic E-state index is 13.4. The number of hydrogen-bond acceptors (Lipinski definition) is 2. The molecule has 0 saturated heterocycles. The Kier molecular flexibility index (Phi) is 3.50. The van der Waals surface area contributed by atoms with Crippen LogP contribution in [0.3, 0.4) is 0 Å². The van der Waals surface area contributed by atoms with Gasteiger partial charge in [0.1, 0.15) is 5.82 Å². The Morgan fingerprint density at radius 1 is 1.26 bits per heavy atom. The molecule has 100 valence electrons. The Hall–Kier alpha value is -2.37. The SMILES string of the molecule is Cc1nn(C)c(C)c1NC(=O)Nc1ccccc1F. The number of amides is 2. The number of para-hydroxylation sites is 1. The lowest BCUT2D eigenvalue weighted by atomic mass is 10.3. The fraction of sp³-hybridized carbons (Fsp3) is 0.231. The van der Waals surface area contributed by atoms with E-state index in [4.69, 9.17) is 0 Å². The van der Waals surface area contributed by atoms with Crippen molar-refractivity contribution in [2.75, 3.05) is 10.6 Å². The van der Waals surface area contributed by atoms with E-state index >= 15 is 0 Å². The zero-order valence-electron chi connectivity index (χ0n) is 11.0. The van der Waals surface area contributed by atoms with Gasteiger partial charge in [-0.05, 0) is 26.0 Å². The molecule has 0 unspecified atom stereocenters. The monoisotopic (exact) mass is 262 g/mol. The molecular formula is C13H15FN4O. The average Bonchev–Trinajstić information content (AvgIpc) is 2.59. The van der Waals surface area contributed by atoms with Gasteiger partial charge in [0.25, 0.3) is 0 Å². The van der Waals surface area contributed by atoms with Crippen LogP contribution in [0.1, 0.15) is 11.4 Å². The van der Waals surface area contributed by atoms with Crippen molar-refractivity contribution in [3.05, 3.63) is 41.5 Å². The summed E-state index contributed by atoms with van der Waals surface area (Å²) in [4.78, 5) is 11.8. The normalized spacial score (nSPS) is 10.3. The summed E-state index contributed by atoms with van der Waals surface area (Å²) in [5.74, 6) is -0.475. The molecule has 5 nitrogen and oxygen atoms in total. The highest BCUT2D eigenvalue weighted by molar-refractivity contribution is 6.00. The first kappa shape index (κ1) is 13.1. The second-order valence-electron chi connectivity index (χ2n) is 4.23. The lowest BCUT2D eigenvalue weighted by Crippen LogP contribution is -2.20. The van der Waals surface area contributed by atoms with E-state index in [0.717, 1.165) is 5.69 Å². The number of rotatable bonds is 2. The first-order valence-electron chi connectivity index (χ1n) is 5.81. The number of hydrogen-bond donors (Lipinski definition) is 2. The van der Waals surface area contributed by atoms with Crippen LogP contribution in [0.2, 0.25) is 0 Å². The van der Waals surface area contributed by atoms with E-state index in [9.17, 15) is 9.18 Å². The van der Waals surface area contributed by atoms with Crippen molar-refractivity contribution in [3.8, 4) is 0 Å². The van der Waals surface area contributed by atoms with Crippen molar-refractivity contribution in [3.63, 3.8) is 0 Å². The molecule has 2 aromatic rings. The highest BCUT2D eigenvalue weighted by Crippen LogP contribution is 2.19. The maximum atomic E-state index is 13.4. The summed E-state index contributed by atoms with van der Waals surface area (Å²) in [6.45, 7) is 3.64. The fourth-order valence-electron chi connectivity index (χ4n) is 1.78. The van der Waals surface area contributed by atoms with Crippen molar-refractivity contribution in [1.29, 1.82) is 0 Å². The van der Waals surface area contributed by atoms with E-state index in [0.29, 0.717) is 11.4 Å². The largest absolute Gasteiger partial charge is 0.323 e. The van der Waals surface area contributed by atoms with Crippen LogP contribution in [-0.2, 0) is 7.05 Å². The van der Waals surface area contributed by atoms with E-state index in [1.165, 1.54) is 12.1 Å². The zero-order chi connectivity index (χ0) is 14.0. The van der Waals surface area contributed by atoms with E-state index in [-0.39, 0.29) is 5.69 Å². The molecule has 0 radical (unpaired) electrons. The molecule has 2 rings (SSSR count). The van der Waals surface area contributed by atoms with Gasteiger partial charge >= 0.3 is 6.03 Å². The fourth-order valence-corrected chi connectivity index (χ4v) is 1.78. The van der Waals surface area contributed by atoms with Gasteiger partial charge in [-0.1, -0.05) is 12.1 Å². The molecule has 1 heterocycles. The number of anilines is 2. The van der Waals surface area contributed by atoms with Gasteiger partial charge in [-0.15, -0.1) is 0 Å². The molecule has 0 spiro atoms. The lowest BCUT2D eigenvalue weighted by molar-refractivity contribution is 0.262. The molecule has 0 aliphatic carbocycles. The van der Waals surface area contributed by atoms with E-state index in [1.54, 1.807) is 30.8 Å². The van der Waals surface area contributed by atoms with Crippen LogP contribution in [0.25, 0.3) is 0 Å². The molecule has 0 aliphatic heterocycles. The minimum atomic E-state index is -0.496. The summed E-state index contributed by atoms with van der Waals surface area (Å²) in [6.07, 6.45) is 0. The minimum Gasteiger partial charge on any atom is -0.305 e. The Morgan fingerprint density at radius 2 is 1.95 bits per heavy atom. The first-order chi connectivity index (χ1) is 8.99. The topological polar surface area (TPSA) is 59.0 Å². The second-order valence-corrected chi connectivity index (χ2v) is 4.23. The van der Waals surface area contributed by atoms with Gasteiger partial charge < -0.3 is 10.6 Å². The average molecular weight is 262 g/mol. The molecule has 0 bridgehead atoms. The Bertz CT molecular complexity index is 621. The lowest BCUT2D eigenvalue weighted by Gasteiger charge is -2.08. The van der Waals surface area contributed by atoms with Crippen molar-refractivity contribution >= 4 is 17.4 Å². The number of nitrogens with zero attached hydrogens (tertiary/aromatic N) is 2. The van der Waals surface area contributed by atoms with Gasteiger partial charge in [-0.25, -0.2) is 9.18 Å². The zero-order valence-corrected chi connectivity index (χ0v) is 11.0. The van der Waals surface area contributed by atoms with Gasteiger partial charge in [-0.2, -0.15) is 5.10 Å². The Morgan fingerprint density at radius 3 is 2.53 bits per heavy atom. The molecule has 1 aromatic carbocycles. The highest BCUT2D eigenvalue weighted by atomic mass is 19.1. The van der Waals surface area contributed by atoms with Crippen LogP contribution in [0.5, 0.6) is 0 Å². The van der Waals surface area contributed by atoms with Crippen molar-refractivity contribution < 1.29 is 9.18 Å². The first-order valence-corrected chi connectivity index (χ1v) is 5.81. The summed E-state index contributed by atoms with van der Waals surface area (Å²) in [6, 6.07) is 5.51. The molecule has 0 saturated carbocycles. The number of carbonyl (C=O) groups is 1. The van der Waals surface area contributed by atoms with Crippen molar-refractivity contribution in [2.45, 2.75) is 13.8 Å². The minimum absolute atomic E-state index is 0.138. The number of halogens is 1. The Balaban J connectivity index is 2.12. The van der Waals surface area contributed by atoms with Crippen LogP contribution >= 0.6 is 0 Å². The number of aromatic nitrogens is 2. The molecule has 0 atom stereocenters. The standard InChI is InChI=1S/C13H15FN4O/c1-8-12(9(2)18(3)17-8)16-13(19)15-11-7-5-4-6-10(11)14/h4-7H,1-3H3,(H2,15,16,19). The predicted molar refractivity (Wildman–Crippen MR) is 71.7 cm³/mol. The van der Waals surface area contributed by atoms with Crippen molar-refractivity contribution in [1.82, 2.24) is 9.78 Å². The summed E-state index contributed by atoms with van der Waals surface area (Å²) >= 11 is 0. The predicted octanol–water partition coefficient (Wildman–Crippen LogP) is 2.82. The van der Waals surface area contributed by atoms with Crippen LogP contribution in [-0.4, -0.2) is 15.8 Å². The third-order valence-corrected chi connectivity index (χ3v) is 2.87. The molecule has 2 amide bonds. The number of benzene rings is 1. The summed E-state index contributed by atoms with van der Waals surface area (Å²) in [5.41, 5.74) is 2.32. The molecule has 0 aliphatic rings. The van der Waals surface area contributed by atoms with Gasteiger partial charge in [0.15, 0.2) is 0 Å². The molecular weight excluding hydrogens is 247 g/mol. The highest BCUT2D eigenvalue weighted by Gasteiger charge is 2.13. The molecule has 19 heavy (non-hydrogen) atoms. The maximum Gasteiger partial charge on any atom is 0.323 e. The van der Waals surface area contributed by atoms with Crippen LogP contribution in [0.4, 0.5) is 20.6 Å². The molecule has 2 N–H and O–H groups in total. The second kappa shape index (κ2) is 5.09. The van der Waals surface area contributed by atoms with Gasteiger partial charge in [0, 0.05) is 7.05 Å². The van der Waals surface area contributed by atoms with E-state index in [1.807, 2.05) is 6.92 Å². The quantitative estimate of drug-likeness (QED) is 0.874. The third kappa shape index (κ3) is 2.73. The smallest absolute Gasteiger partial charge is 0.305 e. The Labute approximate surface area is 110 Å². The molecule has 0 fully saturated rings. The van der Waals surface area contributed by atoms with Gasteiger partial charge in [0.05, 0.1) is 22.8 Å².